The maximum atomic E-state index is 12.7. The fourth-order valence-electron chi connectivity index (χ4n) is 2.68. The zero-order valence-electron chi connectivity index (χ0n) is 13.2. The topological polar surface area (TPSA) is 116 Å². The minimum Gasteiger partial charge on any atom is -0.473 e. The Hall–Kier alpha value is -2.59. The average Bonchev–Trinajstić information content (AvgIpc) is 2.63. The first-order valence-electron chi connectivity index (χ1n) is 7.66. The number of hydrogen-bond acceptors (Lipinski definition) is 7. The molecule has 1 aromatic heterocycles. The number of piperidine rings is 1. The van der Waals surface area contributed by atoms with Gasteiger partial charge in [-0.15, -0.1) is 5.10 Å². The highest BCUT2D eigenvalue weighted by molar-refractivity contribution is 7.89. The maximum Gasteiger partial charge on any atom is 0.289 e. The van der Waals surface area contributed by atoms with Crippen molar-refractivity contribution in [2.75, 3.05) is 13.1 Å². The van der Waals surface area contributed by atoms with Crippen LogP contribution in [0.1, 0.15) is 12.8 Å². The summed E-state index contributed by atoms with van der Waals surface area (Å²) in [6, 6.07) is 8.76. The van der Waals surface area contributed by atoms with Gasteiger partial charge < -0.3 is 4.74 Å². The van der Waals surface area contributed by atoms with Crippen molar-refractivity contribution in [3.8, 4) is 5.88 Å². The summed E-state index contributed by atoms with van der Waals surface area (Å²) < 4.78 is 32.4. The molecule has 0 amide bonds. The smallest absolute Gasteiger partial charge is 0.289 e. The number of nitro benzene ring substituents is 1. The van der Waals surface area contributed by atoms with Crippen LogP contribution in [0.3, 0.4) is 0 Å². The molecule has 1 saturated heterocycles. The van der Waals surface area contributed by atoms with E-state index in [0.717, 1.165) is 0 Å². The van der Waals surface area contributed by atoms with Crippen LogP contribution in [0.25, 0.3) is 0 Å². The van der Waals surface area contributed by atoms with Gasteiger partial charge in [-0.2, -0.15) is 9.40 Å². The molecule has 0 atom stereocenters. The summed E-state index contributed by atoms with van der Waals surface area (Å²) in [4.78, 5) is 10.1. The predicted octanol–water partition coefficient (Wildman–Crippen LogP) is 1.62. The third-order valence-corrected chi connectivity index (χ3v) is 5.86. The Balaban J connectivity index is 1.71. The molecular weight excluding hydrogens is 348 g/mol. The molecule has 1 aliphatic heterocycles. The van der Waals surface area contributed by atoms with Crippen LogP contribution in [-0.2, 0) is 10.0 Å². The van der Waals surface area contributed by atoms with Crippen LogP contribution in [0.2, 0.25) is 0 Å². The Morgan fingerprint density at radius 3 is 2.52 bits per heavy atom. The molecule has 132 valence electrons. The predicted molar refractivity (Wildman–Crippen MR) is 87.5 cm³/mol. The van der Waals surface area contributed by atoms with Gasteiger partial charge in [0.2, 0.25) is 15.9 Å². The van der Waals surface area contributed by atoms with Crippen molar-refractivity contribution in [1.82, 2.24) is 14.5 Å². The molecule has 2 aromatic rings. The van der Waals surface area contributed by atoms with Crippen molar-refractivity contribution in [3.63, 3.8) is 0 Å². The van der Waals surface area contributed by atoms with E-state index in [2.05, 4.69) is 10.2 Å². The van der Waals surface area contributed by atoms with Gasteiger partial charge >= 0.3 is 0 Å². The van der Waals surface area contributed by atoms with E-state index in [9.17, 15) is 18.5 Å². The summed E-state index contributed by atoms with van der Waals surface area (Å²) in [6.07, 6.45) is 2.30. The highest BCUT2D eigenvalue weighted by Crippen LogP contribution is 2.28. The molecule has 2 heterocycles. The number of hydrogen-bond donors (Lipinski definition) is 0. The van der Waals surface area contributed by atoms with E-state index >= 15 is 0 Å². The van der Waals surface area contributed by atoms with Crippen molar-refractivity contribution in [2.24, 2.45) is 0 Å². The van der Waals surface area contributed by atoms with Crippen LogP contribution in [0.15, 0.2) is 47.5 Å². The Morgan fingerprint density at radius 2 is 1.88 bits per heavy atom. The van der Waals surface area contributed by atoms with E-state index in [0.29, 0.717) is 18.7 Å². The molecule has 3 rings (SSSR count). The summed E-state index contributed by atoms with van der Waals surface area (Å²) in [7, 11) is -3.93. The van der Waals surface area contributed by atoms with Gasteiger partial charge in [0, 0.05) is 31.4 Å². The zero-order valence-corrected chi connectivity index (χ0v) is 14.0. The first-order chi connectivity index (χ1) is 12.0. The van der Waals surface area contributed by atoms with E-state index in [1.54, 1.807) is 12.1 Å². The number of nitrogens with zero attached hydrogens (tertiary/aromatic N) is 4. The fourth-order valence-corrected chi connectivity index (χ4v) is 4.30. The number of aromatic nitrogens is 2. The van der Waals surface area contributed by atoms with Gasteiger partial charge in [-0.25, -0.2) is 8.42 Å². The van der Waals surface area contributed by atoms with E-state index in [4.69, 9.17) is 4.74 Å². The largest absolute Gasteiger partial charge is 0.473 e. The second-order valence-corrected chi connectivity index (χ2v) is 7.41. The molecule has 0 bridgehead atoms. The van der Waals surface area contributed by atoms with Crippen molar-refractivity contribution in [3.05, 3.63) is 52.7 Å². The van der Waals surface area contributed by atoms with E-state index in [1.165, 1.54) is 34.8 Å². The molecule has 0 radical (unpaired) electrons. The molecule has 1 aliphatic rings. The first-order valence-corrected chi connectivity index (χ1v) is 9.10. The highest BCUT2D eigenvalue weighted by Gasteiger charge is 2.34. The lowest BCUT2D eigenvalue weighted by atomic mass is 10.1. The second kappa shape index (κ2) is 7.11. The highest BCUT2D eigenvalue weighted by atomic mass is 32.2. The van der Waals surface area contributed by atoms with Gasteiger partial charge in [-0.1, -0.05) is 12.1 Å². The maximum absolute atomic E-state index is 12.7. The second-order valence-electron chi connectivity index (χ2n) is 5.51. The summed E-state index contributed by atoms with van der Waals surface area (Å²) >= 11 is 0. The van der Waals surface area contributed by atoms with Crippen LogP contribution >= 0.6 is 0 Å². The summed E-state index contributed by atoms with van der Waals surface area (Å²) in [5, 5.41) is 18.7. The molecule has 1 aromatic carbocycles. The number of ether oxygens (including phenoxy) is 1. The number of para-hydroxylation sites is 1. The van der Waals surface area contributed by atoms with Gasteiger partial charge in [0.15, 0.2) is 4.90 Å². The van der Waals surface area contributed by atoms with Crippen molar-refractivity contribution in [2.45, 2.75) is 23.8 Å². The van der Waals surface area contributed by atoms with E-state index < -0.39 is 20.6 Å². The minimum atomic E-state index is -3.93. The van der Waals surface area contributed by atoms with Crippen molar-refractivity contribution >= 4 is 15.7 Å². The summed E-state index contributed by atoms with van der Waals surface area (Å²) in [5.74, 6) is 0.391. The molecule has 25 heavy (non-hydrogen) atoms. The quantitative estimate of drug-likeness (QED) is 0.584. The summed E-state index contributed by atoms with van der Waals surface area (Å²) in [5.41, 5.74) is -0.416. The number of benzene rings is 1. The Labute approximate surface area is 144 Å². The third kappa shape index (κ3) is 3.74. The number of rotatable bonds is 5. The molecule has 0 unspecified atom stereocenters. The SMILES string of the molecule is O=[N+]([O-])c1ccccc1S(=O)(=O)N1CCC(Oc2cccnn2)CC1. The van der Waals surface area contributed by atoms with Gasteiger partial charge in [0.1, 0.15) is 6.10 Å². The monoisotopic (exact) mass is 364 g/mol. The molecule has 10 heteroatoms. The molecule has 1 fully saturated rings. The molecule has 0 saturated carbocycles. The van der Waals surface area contributed by atoms with Crippen LogP contribution in [0.4, 0.5) is 5.69 Å². The number of nitro groups is 1. The number of sulfonamides is 1. The van der Waals surface area contributed by atoms with Gasteiger partial charge in [0.05, 0.1) is 4.92 Å². The Bertz CT molecular complexity index is 851. The van der Waals surface area contributed by atoms with Crippen LogP contribution < -0.4 is 4.74 Å². The third-order valence-electron chi connectivity index (χ3n) is 3.92. The lowest BCUT2D eigenvalue weighted by Crippen LogP contribution is -2.41. The van der Waals surface area contributed by atoms with Gasteiger partial charge in [0.25, 0.3) is 5.69 Å². The fraction of sp³-hybridized carbons (Fsp3) is 0.333. The Kier molecular flexibility index (Phi) is 4.91. The zero-order chi connectivity index (χ0) is 17.9. The average molecular weight is 364 g/mol. The lowest BCUT2D eigenvalue weighted by Gasteiger charge is -2.30. The standard InChI is InChI=1S/C15H16N4O5S/c20-19(21)13-4-1-2-5-14(13)25(22,23)18-10-7-12(8-11-18)24-15-6-3-9-16-17-15/h1-6,9,12H,7-8,10-11H2. The molecule has 9 nitrogen and oxygen atoms in total. The molecular formula is C15H16N4O5S. The van der Waals surface area contributed by atoms with Gasteiger partial charge in [-0.05, 0) is 25.0 Å². The normalized spacial score (nSPS) is 16.5. The molecule has 0 spiro atoms. The summed E-state index contributed by atoms with van der Waals surface area (Å²) in [6.45, 7) is 0.443. The lowest BCUT2D eigenvalue weighted by molar-refractivity contribution is -0.387. The van der Waals surface area contributed by atoms with Crippen molar-refractivity contribution < 1.29 is 18.1 Å². The van der Waals surface area contributed by atoms with Crippen molar-refractivity contribution in [1.29, 1.82) is 0 Å². The van der Waals surface area contributed by atoms with E-state index in [-0.39, 0.29) is 24.1 Å². The Morgan fingerprint density at radius 1 is 1.16 bits per heavy atom. The van der Waals surface area contributed by atoms with Gasteiger partial charge in [-0.3, -0.25) is 10.1 Å². The van der Waals surface area contributed by atoms with Crippen LogP contribution in [-0.4, -0.2) is 47.0 Å². The van der Waals surface area contributed by atoms with E-state index in [1.807, 2.05) is 0 Å². The van der Waals surface area contributed by atoms with Crippen LogP contribution in [0.5, 0.6) is 5.88 Å². The molecule has 0 aliphatic carbocycles. The van der Waals surface area contributed by atoms with Crippen LogP contribution in [0, 0.1) is 10.1 Å². The first kappa shape index (κ1) is 17.2. The molecule has 0 N–H and O–H groups in total. The minimum absolute atomic E-state index is 0.172.